The molecule has 1 aromatic heterocycles. The lowest BCUT2D eigenvalue weighted by Gasteiger charge is -2.25. The number of nitriles is 1. The minimum absolute atomic E-state index is 0.494. The van der Waals surface area contributed by atoms with Crippen LogP contribution in [-0.2, 0) is 0 Å². The molecule has 0 unspecified atom stereocenters. The third-order valence-corrected chi connectivity index (χ3v) is 3.13. The van der Waals surface area contributed by atoms with E-state index in [-0.39, 0.29) is 0 Å². The van der Waals surface area contributed by atoms with Crippen LogP contribution >= 0.6 is 0 Å². The Labute approximate surface area is 103 Å². The van der Waals surface area contributed by atoms with Crippen LogP contribution in [0.1, 0.15) is 38.8 Å². The van der Waals surface area contributed by atoms with Crippen molar-refractivity contribution in [1.82, 2.24) is 4.98 Å². The summed E-state index contributed by atoms with van der Waals surface area (Å²) in [6.45, 7) is 5.60. The summed E-state index contributed by atoms with van der Waals surface area (Å²) in [7, 11) is 0. The monoisotopic (exact) mass is 229 g/mol. The Kier molecular flexibility index (Phi) is 3.63. The molecule has 0 aliphatic heterocycles. The molecular weight excluding hydrogens is 210 g/mol. The molecule has 17 heavy (non-hydrogen) atoms. The zero-order valence-corrected chi connectivity index (χ0v) is 10.6. The third kappa shape index (κ3) is 3.20. The van der Waals surface area contributed by atoms with E-state index in [2.05, 4.69) is 29.8 Å². The van der Waals surface area contributed by atoms with E-state index in [4.69, 9.17) is 5.26 Å². The van der Waals surface area contributed by atoms with Gasteiger partial charge in [-0.3, -0.25) is 0 Å². The van der Waals surface area contributed by atoms with Crippen molar-refractivity contribution < 1.29 is 0 Å². The molecule has 0 amide bonds. The summed E-state index contributed by atoms with van der Waals surface area (Å²) in [5, 5.41) is 8.74. The topological polar surface area (TPSA) is 39.9 Å². The molecule has 90 valence electrons. The number of hydrogen-bond donors (Lipinski definition) is 0. The summed E-state index contributed by atoms with van der Waals surface area (Å²) in [5.41, 5.74) is 1.65. The number of pyridine rings is 1. The van der Waals surface area contributed by atoms with Crippen LogP contribution < -0.4 is 4.90 Å². The van der Waals surface area contributed by atoms with Crippen molar-refractivity contribution in [3.63, 3.8) is 0 Å². The maximum atomic E-state index is 8.74. The van der Waals surface area contributed by atoms with Gasteiger partial charge in [-0.05, 0) is 37.3 Å². The highest BCUT2D eigenvalue weighted by Gasteiger charge is 2.29. The van der Waals surface area contributed by atoms with Crippen LogP contribution in [0.15, 0.2) is 18.3 Å². The predicted molar refractivity (Wildman–Crippen MR) is 68.8 cm³/mol. The third-order valence-electron chi connectivity index (χ3n) is 3.13. The lowest BCUT2D eigenvalue weighted by atomic mass is 10.1. The van der Waals surface area contributed by atoms with E-state index in [1.807, 2.05) is 12.3 Å². The second kappa shape index (κ2) is 5.18. The first-order valence-corrected chi connectivity index (χ1v) is 6.33. The summed E-state index contributed by atoms with van der Waals surface area (Å²) < 4.78 is 0. The van der Waals surface area contributed by atoms with Crippen LogP contribution in [0.3, 0.4) is 0 Å². The largest absolute Gasteiger partial charge is 0.367 e. The zero-order chi connectivity index (χ0) is 12.3. The van der Waals surface area contributed by atoms with Gasteiger partial charge >= 0.3 is 0 Å². The van der Waals surface area contributed by atoms with E-state index in [9.17, 15) is 0 Å². The van der Waals surface area contributed by atoms with E-state index >= 15 is 0 Å². The van der Waals surface area contributed by atoms with Crippen molar-refractivity contribution >= 4 is 5.69 Å². The number of hydrogen-bond acceptors (Lipinski definition) is 3. The minimum atomic E-state index is 0.494. The fourth-order valence-corrected chi connectivity index (χ4v) is 1.93. The molecule has 1 aromatic rings. The van der Waals surface area contributed by atoms with Crippen molar-refractivity contribution in [2.24, 2.45) is 5.92 Å². The fourth-order valence-electron chi connectivity index (χ4n) is 1.93. The molecule has 0 bridgehead atoms. The second-order valence-corrected chi connectivity index (χ2v) is 5.12. The number of aromatic nitrogens is 1. The second-order valence-electron chi connectivity index (χ2n) is 5.12. The van der Waals surface area contributed by atoms with E-state index in [0.29, 0.717) is 11.7 Å². The van der Waals surface area contributed by atoms with Crippen LogP contribution in [0.2, 0.25) is 0 Å². The van der Waals surface area contributed by atoms with Crippen LogP contribution in [0.4, 0.5) is 5.69 Å². The normalized spacial score (nSPS) is 14.7. The van der Waals surface area contributed by atoms with E-state index in [0.717, 1.165) is 18.2 Å². The van der Waals surface area contributed by atoms with Gasteiger partial charge in [-0.2, -0.15) is 5.26 Å². The maximum absolute atomic E-state index is 8.74. The number of rotatable bonds is 5. The molecule has 0 atom stereocenters. The van der Waals surface area contributed by atoms with Crippen molar-refractivity contribution in [3.05, 3.63) is 24.0 Å². The molecule has 3 nitrogen and oxygen atoms in total. The van der Waals surface area contributed by atoms with E-state index in [1.165, 1.54) is 19.3 Å². The summed E-state index contributed by atoms with van der Waals surface area (Å²) in [6, 6.07) is 6.58. The van der Waals surface area contributed by atoms with Crippen LogP contribution in [0, 0.1) is 17.2 Å². The molecule has 0 radical (unpaired) electrons. The van der Waals surface area contributed by atoms with Gasteiger partial charge in [0, 0.05) is 12.6 Å². The molecule has 0 aromatic carbocycles. The van der Waals surface area contributed by atoms with Gasteiger partial charge in [0.15, 0.2) is 0 Å². The van der Waals surface area contributed by atoms with Gasteiger partial charge in [0.1, 0.15) is 11.8 Å². The highest BCUT2D eigenvalue weighted by Crippen LogP contribution is 2.31. The lowest BCUT2D eigenvalue weighted by molar-refractivity contribution is 0.570. The average molecular weight is 229 g/mol. The summed E-state index contributed by atoms with van der Waals surface area (Å²) >= 11 is 0. The first-order chi connectivity index (χ1) is 8.20. The van der Waals surface area contributed by atoms with Gasteiger partial charge in [-0.1, -0.05) is 13.8 Å². The van der Waals surface area contributed by atoms with Gasteiger partial charge in [0.25, 0.3) is 0 Å². The molecule has 1 fully saturated rings. The van der Waals surface area contributed by atoms with Crippen molar-refractivity contribution in [1.29, 1.82) is 5.26 Å². The first-order valence-electron chi connectivity index (χ1n) is 6.33. The molecule has 1 heterocycles. The molecule has 1 aliphatic carbocycles. The average Bonchev–Trinajstić information content (AvgIpc) is 3.14. The number of anilines is 1. The Morgan fingerprint density at radius 2 is 2.24 bits per heavy atom. The lowest BCUT2D eigenvalue weighted by Crippen LogP contribution is -2.27. The Balaban J connectivity index is 2.06. The van der Waals surface area contributed by atoms with Crippen molar-refractivity contribution in [2.45, 2.75) is 39.2 Å². The van der Waals surface area contributed by atoms with Crippen LogP contribution in [0.5, 0.6) is 0 Å². The van der Waals surface area contributed by atoms with Gasteiger partial charge in [-0.15, -0.1) is 0 Å². The van der Waals surface area contributed by atoms with Crippen molar-refractivity contribution in [2.75, 3.05) is 11.4 Å². The van der Waals surface area contributed by atoms with E-state index < -0.39 is 0 Å². The van der Waals surface area contributed by atoms with Crippen LogP contribution in [-0.4, -0.2) is 17.6 Å². The molecule has 2 rings (SSSR count). The Morgan fingerprint density at radius 1 is 1.47 bits per heavy atom. The highest BCUT2D eigenvalue weighted by atomic mass is 15.2. The molecule has 1 saturated carbocycles. The molecule has 0 N–H and O–H groups in total. The maximum Gasteiger partial charge on any atom is 0.140 e. The first kappa shape index (κ1) is 11.9. The highest BCUT2D eigenvalue weighted by molar-refractivity contribution is 5.48. The summed E-state index contributed by atoms with van der Waals surface area (Å²) in [4.78, 5) is 6.59. The zero-order valence-electron chi connectivity index (χ0n) is 10.6. The number of nitrogens with zero attached hydrogens (tertiary/aromatic N) is 3. The van der Waals surface area contributed by atoms with Crippen LogP contribution in [0.25, 0.3) is 0 Å². The summed E-state index contributed by atoms with van der Waals surface area (Å²) in [5.74, 6) is 0.725. The SMILES string of the molecule is CC(C)CCN(c1ccc(C#N)nc1)C1CC1. The van der Waals surface area contributed by atoms with Gasteiger partial charge in [0.2, 0.25) is 0 Å². The molecule has 1 aliphatic rings. The molecule has 0 spiro atoms. The van der Waals surface area contributed by atoms with Gasteiger partial charge in [-0.25, -0.2) is 4.98 Å². The van der Waals surface area contributed by atoms with Gasteiger partial charge in [0.05, 0.1) is 11.9 Å². The van der Waals surface area contributed by atoms with E-state index in [1.54, 1.807) is 6.07 Å². The quantitative estimate of drug-likeness (QED) is 0.779. The van der Waals surface area contributed by atoms with Crippen molar-refractivity contribution in [3.8, 4) is 6.07 Å². The smallest absolute Gasteiger partial charge is 0.140 e. The minimum Gasteiger partial charge on any atom is -0.367 e. The Bertz CT molecular complexity index is 398. The Hall–Kier alpha value is -1.56. The summed E-state index contributed by atoms with van der Waals surface area (Å²) in [6.07, 6.45) is 5.61. The predicted octanol–water partition coefficient (Wildman–Crippen LogP) is 2.97. The molecule has 0 saturated heterocycles. The standard InChI is InChI=1S/C14H19N3/c1-11(2)7-8-17(13-5-6-13)14-4-3-12(9-15)16-10-14/h3-4,10-11,13H,5-8H2,1-2H3. The van der Waals surface area contributed by atoms with Gasteiger partial charge < -0.3 is 4.90 Å². The molecule has 3 heteroatoms. The Morgan fingerprint density at radius 3 is 2.71 bits per heavy atom. The fraction of sp³-hybridized carbons (Fsp3) is 0.571. The molecular formula is C14H19N3.